The fourth-order valence-corrected chi connectivity index (χ4v) is 2.36. The van der Waals surface area contributed by atoms with E-state index in [0.717, 1.165) is 12.2 Å². The van der Waals surface area contributed by atoms with Crippen LogP contribution in [0.15, 0.2) is 10.9 Å². The Hall–Kier alpha value is -1.69. The monoisotopic (exact) mass is 264 g/mol. The van der Waals surface area contributed by atoms with Gasteiger partial charge in [-0.05, 0) is 26.8 Å². The van der Waals surface area contributed by atoms with Crippen LogP contribution in [0.1, 0.15) is 18.3 Å². The molecule has 1 aromatic heterocycles. The van der Waals surface area contributed by atoms with E-state index in [2.05, 4.69) is 10.3 Å². The number of amides is 1. The SMILES string of the molecule is Cc1cc(C)n(CC(=O)N2CCNC(C)C2)c(=O)n1. The summed E-state index contributed by atoms with van der Waals surface area (Å²) in [6.45, 7) is 7.90. The van der Waals surface area contributed by atoms with Crippen LogP contribution in [0.2, 0.25) is 0 Å². The van der Waals surface area contributed by atoms with E-state index in [1.54, 1.807) is 11.8 Å². The molecule has 1 aliphatic rings. The molecule has 1 amide bonds. The molecule has 1 unspecified atom stereocenters. The summed E-state index contributed by atoms with van der Waals surface area (Å²) in [5.41, 5.74) is 1.10. The second-order valence-electron chi connectivity index (χ2n) is 5.10. The summed E-state index contributed by atoms with van der Waals surface area (Å²) in [4.78, 5) is 29.7. The second kappa shape index (κ2) is 5.52. The summed E-state index contributed by atoms with van der Waals surface area (Å²) in [6, 6.07) is 2.11. The van der Waals surface area contributed by atoms with Crippen LogP contribution in [0.4, 0.5) is 0 Å². The molecular weight excluding hydrogens is 244 g/mol. The van der Waals surface area contributed by atoms with Crippen molar-refractivity contribution in [3.63, 3.8) is 0 Å². The molecule has 1 atom stereocenters. The van der Waals surface area contributed by atoms with Gasteiger partial charge in [-0.3, -0.25) is 9.36 Å². The molecule has 6 nitrogen and oxygen atoms in total. The van der Waals surface area contributed by atoms with Gasteiger partial charge in [0, 0.05) is 37.1 Å². The van der Waals surface area contributed by atoms with Crippen LogP contribution >= 0.6 is 0 Å². The van der Waals surface area contributed by atoms with E-state index in [1.807, 2.05) is 19.9 Å². The maximum atomic E-state index is 12.2. The molecule has 0 saturated carbocycles. The van der Waals surface area contributed by atoms with Crippen molar-refractivity contribution < 1.29 is 4.79 Å². The quantitative estimate of drug-likeness (QED) is 0.795. The zero-order valence-electron chi connectivity index (χ0n) is 11.6. The van der Waals surface area contributed by atoms with E-state index in [1.165, 1.54) is 4.57 Å². The Morgan fingerprint density at radius 1 is 1.53 bits per heavy atom. The highest BCUT2D eigenvalue weighted by Gasteiger charge is 2.21. The molecule has 1 fully saturated rings. The zero-order chi connectivity index (χ0) is 14.0. The number of piperazine rings is 1. The number of aromatic nitrogens is 2. The third kappa shape index (κ3) is 3.20. The van der Waals surface area contributed by atoms with Gasteiger partial charge in [0.1, 0.15) is 6.54 Å². The molecule has 0 aromatic carbocycles. The molecule has 0 aliphatic carbocycles. The van der Waals surface area contributed by atoms with Gasteiger partial charge in [-0.15, -0.1) is 0 Å². The number of rotatable bonds is 2. The molecule has 2 heterocycles. The normalized spacial score (nSPS) is 19.5. The standard InChI is InChI=1S/C13H20N4O2/c1-9-6-11(3)17(13(19)15-9)8-12(18)16-5-4-14-10(2)7-16/h6,10,14H,4-5,7-8H2,1-3H3. The Balaban J connectivity index is 2.13. The van der Waals surface area contributed by atoms with Gasteiger partial charge in [0.2, 0.25) is 5.91 Å². The Labute approximate surface area is 112 Å². The molecule has 1 aliphatic heterocycles. The van der Waals surface area contributed by atoms with Gasteiger partial charge in [-0.25, -0.2) is 4.79 Å². The number of hydrogen-bond acceptors (Lipinski definition) is 4. The lowest BCUT2D eigenvalue weighted by Crippen LogP contribution is -2.52. The first kappa shape index (κ1) is 13.7. The van der Waals surface area contributed by atoms with Gasteiger partial charge in [-0.1, -0.05) is 0 Å². The smallest absolute Gasteiger partial charge is 0.338 e. The lowest BCUT2D eigenvalue weighted by Gasteiger charge is -2.32. The van der Waals surface area contributed by atoms with Crippen molar-refractivity contribution in [3.05, 3.63) is 27.9 Å². The molecule has 1 N–H and O–H groups in total. The molecule has 19 heavy (non-hydrogen) atoms. The van der Waals surface area contributed by atoms with Gasteiger partial charge in [0.15, 0.2) is 0 Å². The Kier molecular flexibility index (Phi) is 3.99. The first-order chi connectivity index (χ1) is 8.97. The first-order valence-electron chi connectivity index (χ1n) is 6.53. The van der Waals surface area contributed by atoms with Crippen LogP contribution in [-0.4, -0.2) is 46.0 Å². The van der Waals surface area contributed by atoms with Gasteiger partial charge < -0.3 is 10.2 Å². The number of carbonyl (C=O) groups excluding carboxylic acids is 1. The minimum Gasteiger partial charge on any atom is -0.338 e. The number of nitrogens with zero attached hydrogens (tertiary/aromatic N) is 3. The highest BCUT2D eigenvalue weighted by molar-refractivity contribution is 5.76. The summed E-state index contributed by atoms with van der Waals surface area (Å²) >= 11 is 0. The lowest BCUT2D eigenvalue weighted by molar-refractivity contribution is -0.133. The summed E-state index contributed by atoms with van der Waals surface area (Å²) in [5.74, 6) is -0.0239. The van der Waals surface area contributed by atoms with Crippen LogP contribution in [0, 0.1) is 13.8 Å². The summed E-state index contributed by atoms with van der Waals surface area (Å²) in [6.07, 6.45) is 0. The van der Waals surface area contributed by atoms with E-state index in [-0.39, 0.29) is 18.1 Å². The Bertz CT molecular complexity index is 538. The Morgan fingerprint density at radius 3 is 2.89 bits per heavy atom. The van der Waals surface area contributed by atoms with Crippen molar-refractivity contribution >= 4 is 5.91 Å². The topological polar surface area (TPSA) is 67.2 Å². The largest absolute Gasteiger partial charge is 0.348 e. The fourth-order valence-electron chi connectivity index (χ4n) is 2.36. The van der Waals surface area contributed by atoms with Gasteiger partial charge in [-0.2, -0.15) is 4.98 Å². The fraction of sp³-hybridized carbons (Fsp3) is 0.615. The maximum absolute atomic E-state index is 12.2. The molecule has 2 rings (SSSR count). The molecule has 0 bridgehead atoms. The summed E-state index contributed by atoms with van der Waals surface area (Å²) in [7, 11) is 0. The van der Waals surface area contributed by atoms with E-state index in [9.17, 15) is 9.59 Å². The summed E-state index contributed by atoms with van der Waals surface area (Å²) < 4.78 is 1.43. The van der Waals surface area contributed by atoms with E-state index < -0.39 is 0 Å². The van der Waals surface area contributed by atoms with E-state index in [0.29, 0.717) is 24.8 Å². The Morgan fingerprint density at radius 2 is 2.26 bits per heavy atom. The van der Waals surface area contributed by atoms with Crippen LogP contribution in [0.3, 0.4) is 0 Å². The predicted octanol–water partition coefficient (Wildman–Crippen LogP) is -0.320. The predicted molar refractivity (Wildman–Crippen MR) is 72.0 cm³/mol. The molecule has 1 aromatic rings. The molecule has 104 valence electrons. The van der Waals surface area contributed by atoms with Crippen LogP contribution in [0.25, 0.3) is 0 Å². The third-order valence-corrected chi connectivity index (χ3v) is 3.36. The van der Waals surface area contributed by atoms with E-state index in [4.69, 9.17) is 0 Å². The summed E-state index contributed by atoms with van der Waals surface area (Å²) in [5, 5.41) is 3.29. The van der Waals surface area contributed by atoms with Crippen molar-refractivity contribution in [2.24, 2.45) is 0 Å². The maximum Gasteiger partial charge on any atom is 0.348 e. The molecule has 1 saturated heterocycles. The molecule has 0 radical (unpaired) electrons. The van der Waals surface area contributed by atoms with Gasteiger partial charge >= 0.3 is 5.69 Å². The van der Waals surface area contributed by atoms with Crippen molar-refractivity contribution in [2.75, 3.05) is 19.6 Å². The minimum atomic E-state index is -0.353. The van der Waals surface area contributed by atoms with Crippen molar-refractivity contribution in [1.29, 1.82) is 0 Å². The van der Waals surface area contributed by atoms with E-state index >= 15 is 0 Å². The zero-order valence-corrected chi connectivity index (χ0v) is 11.6. The molecular formula is C13H20N4O2. The average molecular weight is 264 g/mol. The van der Waals surface area contributed by atoms with Crippen LogP contribution < -0.4 is 11.0 Å². The average Bonchev–Trinajstić information content (AvgIpc) is 2.33. The van der Waals surface area contributed by atoms with Gasteiger partial charge in [0.25, 0.3) is 0 Å². The van der Waals surface area contributed by atoms with Gasteiger partial charge in [0.05, 0.1) is 0 Å². The van der Waals surface area contributed by atoms with Crippen molar-refractivity contribution in [1.82, 2.24) is 19.8 Å². The van der Waals surface area contributed by atoms with Crippen molar-refractivity contribution in [2.45, 2.75) is 33.4 Å². The third-order valence-electron chi connectivity index (χ3n) is 3.36. The minimum absolute atomic E-state index is 0.0239. The number of aryl methyl sites for hydroxylation is 2. The number of hydrogen-bond donors (Lipinski definition) is 1. The highest BCUT2D eigenvalue weighted by Crippen LogP contribution is 2.02. The number of carbonyl (C=O) groups is 1. The lowest BCUT2D eigenvalue weighted by atomic mass is 10.2. The molecule has 6 heteroatoms. The van der Waals surface area contributed by atoms with Crippen LogP contribution in [-0.2, 0) is 11.3 Å². The second-order valence-corrected chi connectivity index (χ2v) is 5.10. The van der Waals surface area contributed by atoms with Crippen molar-refractivity contribution in [3.8, 4) is 0 Å². The molecule has 0 spiro atoms. The highest BCUT2D eigenvalue weighted by atomic mass is 16.2. The number of nitrogens with one attached hydrogen (secondary N) is 1. The first-order valence-corrected chi connectivity index (χ1v) is 6.53. The van der Waals surface area contributed by atoms with Crippen LogP contribution in [0.5, 0.6) is 0 Å².